The fourth-order valence-electron chi connectivity index (χ4n) is 2.88. The zero-order chi connectivity index (χ0) is 19.6. The second kappa shape index (κ2) is 11.2. The summed E-state index contributed by atoms with van der Waals surface area (Å²) in [6.07, 6.45) is 0.124. The molecule has 0 aliphatic carbocycles. The fourth-order valence-corrected chi connectivity index (χ4v) is 2.88. The number of hydrogen-bond acceptors (Lipinski definition) is 3. The van der Waals surface area contributed by atoms with Gasteiger partial charge < -0.3 is 15.4 Å². The van der Waals surface area contributed by atoms with E-state index in [4.69, 9.17) is 4.74 Å². The molecule has 2 N–H and O–H groups in total. The van der Waals surface area contributed by atoms with Gasteiger partial charge in [-0.05, 0) is 29.6 Å². The van der Waals surface area contributed by atoms with E-state index in [0.717, 1.165) is 38.7 Å². The Balaban J connectivity index is 2.58. The van der Waals surface area contributed by atoms with Crippen molar-refractivity contribution in [3.05, 3.63) is 35.4 Å². The van der Waals surface area contributed by atoms with E-state index in [1.807, 2.05) is 0 Å². The molecule has 0 amide bonds. The smallest absolute Gasteiger partial charge is 0.191 e. The minimum atomic E-state index is 0.0827. The second-order valence-electron chi connectivity index (χ2n) is 7.68. The normalized spacial score (nSPS) is 13.8. The monoisotopic (exact) mass is 362 g/mol. The molecule has 0 saturated carbocycles. The molecule has 148 valence electrons. The Labute approximate surface area is 160 Å². The molecule has 0 aromatic heterocycles. The van der Waals surface area contributed by atoms with E-state index in [9.17, 15) is 0 Å². The van der Waals surface area contributed by atoms with Crippen LogP contribution in [0.15, 0.2) is 29.3 Å². The molecule has 0 heterocycles. The van der Waals surface area contributed by atoms with E-state index >= 15 is 0 Å². The number of aliphatic imine (C=N–C) groups is 1. The Morgan fingerprint density at radius 3 is 2.35 bits per heavy atom. The first-order valence-corrected chi connectivity index (χ1v) is 9.61. The molecule has 0 bridgehead atoms. The number of nitrogens with one attached hydrogen (secondary N) is 2. The maximum atomic E-state index is 5.60. The van der Waals surface area contributed by atoms with Crippen LogP contribution in [0.3, 0.4) is 0 Å². The highest BCUT2D eigenvalue weighted by molar-refractivity contribution is 5.79. The molecule has 5 nitrogen and oxygen atoms in total. The highest BCUT2D eigenvalue weighted by atomic mass is 16.5. The van der Waals surface area contributed by atoms with Crippen LogP contribution in [0.2, 0.25) is 0 Å². The third-order valence-corrected chi connectivity index (χ3v) is 4.68. The van der Waals surface area contributed by atoms with Crippen molar-refractivity contribution < 1.29 is 4.74 Å². The maximum absolute atomic E-state index is 5.60. The van der Waals surface area contributed by atoms with Gasteiger partial charge in [0, 0.05) is 33.8 Å². The van der Waals surface area contributed by atoms with E-state index in [-0.39, 0.29) is 11.5 Å². The fraction of sp³-hybridized carbons (Fsp3) is 0.667. The van der Waals surface area contributed by atoms with Crippen molar-refractivity contribution in [1.82, 2.24) is 15.5 Å². The average molecular weight is 363 g/mol. The molecule has 1 aromatic carbocycles. The summed E-state index contributed by atoms with van der Waals surface area (Å²) >= 11 is 0. The van der Waals surface area contributed by atoms with Crippen LogP contribution in [0.5, 0.6) is 0 Å². The Hall–Kier alpha value is -1.59. The lowest BCUT2D eigenvalue weighted by molar-refractivity contribution is 0.0205. The van der Waals surface area contributed by atoms with Gasteiger partial charge in [-0.1, -0.05) is 58.9 Å². The minimum absolute atomic E-state index is 0.0827. The van der Waals surface area contributed by atoms with Crippen LogP contribution < -0.4 is 10.6 Å². The first-order valence-electron chi connectivity index (χ1n) is 9.61. The van der Waals surface area contributed by atoms with Crippen LogP contribution in [0.4, 0.5) is 0 Å². The molecule has 0 fully saturated rings. The molecule has 1 unspecified atom stereocenters. The molecular weight excluding hydrogens is 324 g/mol. The highest BCUT2D eigenvalue weighted by Crippen LogP contribution is 2.20. The van der Waals surface area contributed by atoms with Crippen molar-refractivity contribution in [2.75, 3.05) is 33.8 Å². The van der Waals surface area contributed by atoms with Gasteiger partial charge in [0.05, 0.1) is 6.10 Å². The second-order valence-corrected chi connectivity index (χ2v) is 7.68. The van der Waals surface area contributed by atoms with Gasteiger partial charge in [-0.25, -0.2) is 0 Å². The first-order chi connectivity index (χ1) is 12.3. The van der Waals surface area contributed by atoms with Gasteiger partial charge >= 0.3 is 0 Å². The Morgan fingerprint density at radius 1 is 1.15 bits per heavy atom. The molecule has 0 aliphatic heterocycles. The molecule has 0 saturated heterocycles. The zero-order valence-corrected chi connectivity index (χ0v) is 17.7. The molecule has 0 spiro atoms. The lowest BCUT2D eigenvalue weighted by atomic mass is 9.89. The SMILES string of the molecule is CCN(CC)Cc1cccc(CNC(=NC)NCC(OC)C(C)(C)C)c1. The molecule has 1 rings (SSSR count). The lowest BCUT2D eigenvalue weighted by Crippen LogP contribution is -2.45. The van der Waals surface area contributed by atoms with Crippen LogP contribution in [0.1, 0.15) is 45.7 Å². The van der Waals surface area contributed by atoms with Crippen LogP contribution in [-0.4, -0.2) is 50.8 Å². The Bertz CT molecular complexity index is 547. The number of benzene rings is 1. The van der Waals surface area contributed by atoms with Gasteiger partial charge in [0.25, 0.3) is 0 Å². The third kappa shape index (κ3) is 7.75. The lowest BCUT2D eigenvalue weighted by Gasteiger charge is -2.30. The first kappa shape index (κ1) is 22.5. The van der Waals surface area contributed by atoms with Gasteiger partial charge in [0.15, 0.2) is 5.96 Å². The Kier molecular flexibility index (Phi) is 9.66. The number of ether oxygens (including phenoxy) is 1. The van der Waals surface area contributed by atoms with Gasteiger partial charge in [0.1, 0.15) is 0 Å². The van der Waals surface area contributed by atoms with Crippen LogP contribution in [-0.2, 0) is 17.8 Å². The van der Waals surface area contributed by atoms with E-state index < -0.39 is 0 Å². The van der Waals surface area contributed by atoms with Gasteiger partial charge in [0.2, 0.25) is 0 Å². The van der Waals surface area contributed by atoms with Gasteiger partial charge in [-0.3, -0.25) is 9.89 Å². The molecule has 5 heteroatoms. The van der Waals surface area contributed by atoms with E-state index in [0.29, 0.717) is 0 Å². The van der Waals surface area contributed by atoms with Crippen molar-refractivity contribution in [3.63, 3.8) is 0 Å². The van der Waals surface area contributed by atoms with Crippen LogP contribution in [0, 0.1) is 5.41 Å². The maximum Gasteiger partial charge on any atom is 0.191 e. The van der Waals surface area contributed by atoms with Crippen molar-refractivity contribution in [3.8, 4) is 0 Å². The number of nitrogens with zero attached hydrogens (tertiary/aromatic N) is 2. The number of hydrogen-bond donors (Lipinski definition) is 2. The topological polar surface area (TPSA) is 48.9 Å². The summed E-state index contributed by atoms with van der Waals surface area (Å²) in [6, 6.07) is 8.75. The van der Waals surface area contributed by atoms with Gasteiger partial charge in [-0.15, -0.1) is 0 Å². The van der Waals surface area contributed by atoms with Crippen LogP contribution in [0.25, 0.3) is 0 Å². The molecule has 1 aromatic rings. The van der Waals surface area contributed by atoms with Crippen molar-refractivity contribution in [2.24, 2.45) is 10.4 Å². The standard InChI is InChI=1S/C21H38N4O/c1-8-25(9-2)16-18-12-10-11-17(13-18)14-23-20(22-6)24-15-19(26-7)21(3,4)5/h10-13,19H,8-9,14-16H2,1-7H3,(H2,22,23,24). The van der Waals surface area contributed by atoms with E-state index in [1.54, 1.807) is 14.2 Å². The summed E-state index contributed by atoms with van der Waals surface area (Å²) in [5.41, 5.74) is 2.69. The third-order valence-electron chi connectivity index (χ3n) is 4.68. The van der Waals surface area contributed by atoms with Crippen molar-refractivity contribution >= 4 is 5.96 Å². The molecule has 26 heavy (non-hydrogen) atoms. The minimum Gasteiger partial charge on any atom is -0.379 e. The largest absolute Gasteiger partial charge is 0.379 e. The number of guanidine groups is 1. The number of methoxy groups -OCH3 is 1. The molecule has 0 aliphatic rings. The van der Waals surface area contributed by atoms with Gasteiger partial charge in [-0.2, -0.15) is 0 Å². The molecule has 0 radical (unpaired) electrons. The zero-order valence-electron chi connectivity index (χ0n) is 17.7. The van der Waals surface area contributed by atoms with Crippen LogP contribution >= 0.6 is 0 Å². The summed E-state index contributed by atoms with van der Waals surface area (Å²) < 4.78 is 5.60. The van der Waals surface area contributed by atoms with Crippen molar-refractivity contribution in [2.45, 2.75) is 53.8 Å². The molecule has 1 atom stereocenters. The predicted octanol–water partition coefficient (Wildman–Crippen LogP) is 3.25. The predicted molar refractivity (Wildman–Crippen MR) is 112 cm³/mol. The van der Waals surface area contributed by atoms with E-state index in [2.05, 4.69) is 79.4 Å². The average Bonchev–Trinajstić information content (AvgIpc) is 2.62. The number of rotatable bonds is 9. The highest BCUT2D eigenvalue weighted by Gasteiger charge is 2.24. The van der Waals surface area contributed by atoms with E-state index in [1.165, 1.54) is 11.1 Å². The van der Waals surface area contributed by atoms with Crippen molar-refractivity contribution in [1.29, 1.82) is 0 Å². The summed E-state index contributed by atoms with van der Waals surface area (Å²) in [5.74, 6) is 0.797. The molecular formula is C21H38N4O. The summed E-state index contributed by atoms with van der Waals surface area (Å²) in [5, 5.41) is 6.76. The summed E-state index contributed by atoms with van der Waals surface area (Å²) in [6.45, 7) is 15.6. The quantitative estimate of drug-likeness (QED) is 0.523. The Morgan fingerprint density at radius 2 is 1.81 bits per heavy atom. The summed E-state index contributed by atoms with van der Waals surface area (Å²) in [4.78, 5) is 6.74. The summed E-state index contributed by atoms with van der Waals surface area (Å²) in [7, 11) is 3.56.